The average Bonchev–Trinajstić information content (AvgIpc) is 2.53. The fourth-order valence-electron chi connectivity index (χ4n) is 2.64. The topological polar surface area (TPSA) is 101 Å². The van der Waals surface area contributed by atoms with E-state index < -0.39 is 17.8 Å². The van der Waals surface area contributed by atoms with Gasteiger partial charge in [0.05, 0.1) is 12.5 Å². The molecule has 7 nitrogen and oxygen atoms in total. The number of carbonyl (C=O) groups is 2. The maximum Gasteiger partial charge on any atom is 0.306 e. The number of aliphatic carboxylic acids is 1. The SMILES string of the molecule is O=C(NC1CC(C(=O)O)C1)c1ccc(=O)n(Cc2ccccc2)n1. The average molecular weight is 327 g/mol. The van der Waals surface area contributed by atoms with E-state index in [4.69, 9.17) is 5.11 Å². The molecule has 7 heteroatoms. The second-order valence-corrected chi connectivity index (χ2v) is 5.88. The minimum Gasteiger partial charge on any atom is -0.481 e. The maximum atomic E-state index is 12.2. The molecule has 1 aliphatic carbocycles. The number of carboxylic acid groups (broad SMARTS) is 1. The van der Waals surface area contributed by atoms with Gasteiger partial charge in [-0.2, -0.15) is 5.10 Å². The molecule has 0 spiro atoms. The number of hydrogen-bond donors (Lipinski definition) is 2. The normalized spacial score (nSPS) is 19.3. The Morgan fingerprint density at radius 2 is 1.88 bits per heavy atom. The van der Waals surface area contributed by atoms with Crippen molar-refractivity contribution in [1.82, 2.24) is 15.1 Å². The van der Waals surface area contributed by atoms with Crippen LogP contribution in [0.15, 0.2) is 47.3 Å². The summed E-state index contributed by atoms with van der Waals surface area (Å²) in [6.07, 6.45) is 0.843. The molecular formula is C17H17N3O4. The number of rotatable bonds is 5. The van der Waals surface area contributed by atoms with E-state index in [1.807, 2.05) is 30.3 Å². The van der Waals surface area contributed by atoms with Crippen molar-refractivity contribution in [3.05, 3.63) is 64.1 Å². The van der Waals surface area contributed by atoms with E-state index in [1.165, 1.54) is 16.8 Å². The van der Waals surface area contributed by atoms with Gasteiger partial charge in [0.1, 0.15) is 5.69 Å². The highest BCUT2D eigenvalue weighted by molar-refractivity contribution is 5.92. The molecule has 0 saturated heterocycles. The number of benzene rings is 1. The Labute approximate surface area is 137 Å². The fraction of sp³-hybridized carbons (Fsp3) is 0.294. The summed E-state index contributed by atoms with van der Waals surface area (Å²) in [6.45, 7) is 0.283. The Bertz CT molecular complexity index is 810. The molecule has 2 N–H and O–H groups in total. The quantitative estimate of drug-likeness (QED) is 0.849. The molecule has 0 radical (unpaired) electrons. The van der Waals surface area contributed by atoms with Gasteiger partial charge in [0.2, 0.25) is 0 Å². The first-order valence-corrected chi connectivity index (χ1v) is 7.68. The number of nitrogens with one attached hydrogen (secondary N) is 1. The number of carbonyl (C=O) groups excluding carboxylic acids is 1. The standard InChI is InChI=1S/C17H17N3O4/c21-15-7-6-14(16(22)18-13-8-12(9-13)17(23)24)19-20(15)10-11-4-2-1-3-5-11/h1-7,12-13H,8-10H2,(H,18,22)(H,23,24). The summed E-state index contributed by atoms with van der Waals surface area (Å²) in [6, 6.07) is 11.9. The lowest BCUT2D eigenvalue weighted by Crippen LogP contribution is -2.47. The summed E-state index contributed by atoms with van der Waals surface area (Å²) >= 11 is 0. The molecule has 0 unspecified atom stereocenters. The number of hydrogen-bond acceptors (Lipinski definition) is 4. The van der Waals surface area contributed by atoms with Crippen molar-refractivity contribution in [3.63, 3.8) is 0 Å². The minimum atomic E-state index is -0.838. The highest BCUT2D eigenvalue weighted by atomic mass is 16.4. The van der Waals surface area contributed by atoms with Crippen LogP contribution >= 0.6 is 0 Å². The Morgan fingerprint density at radius 3 is 2.54 bits per heavy atom. The summed E-state index contributed by atoms with van der Waals surface area (Å²) in [5.74, 6) is -1.63. The van der Waals surface area contributed by atoms with Crippen LogP contribution < -0.4 is 10.9 Å². The zero-order chi connectivity index (χ0) is 17.1. The van der Waals surface area contributed by atoms with Gasteiger partial charge >= 0.3 is 5.97 Å². The largest absolute Gasteiger partial charge is 0.481 e. The Hall–Kier alpha value is -2.96. The van der Waals surface area contributed by atoms with Crippen molar-refractivity contribution in [2.75, 3.05) is 0 Å². The summed E-state index contributed by atoms with van der Waals surface area (Å²) in [5, 5.41) is 15.7. The second kappa shape index (κ2) is 6.66. The first-order chi connectivity index (χ1) is 11.5. The molecule has 0 bridgehead atoms. The highest BCUT2D eigenvalue weighted by Gasteiger charge is 2.35. The molecule has 0 aliphatic heterocycles. The summed E-state index contributed by atoms with van der Waals surface area (Å²) in [5.41, 5.74) is 0.766. The molecule has 1 heterocycles. The van der Waals surface area contributed by atoms with Crippen LogP contribution in [0.3, 0.4) is 0 Å². The predicted octanol–water partition coefficient (Wildman–Crippen LogP) is 0.885. The Balaban J connectivity index is 1.68. The molecule has 3 rings (SSSR count). The van der Waals surface area contributed by atoms with Crippen molar-refractivity contribution >= 4 is 11.9 Å². The van der Waals surface area contributed by atoms with E-state index in [0.29, 0.717) is 12.8 Å². The number of amides is 1. The van der Waals surface area contributed by atoms with Crippen LogP contribution in [0.4, 0.5) is 0 Å². The van der Waals surface area contributed by atoms with Crippen LogP contribution in [0.2, 0.25) is 0 Å². The van der Waals surface area contributed by atoms with Crippen LogP contribution in [-0.2, 0) is 11.3 Å². The van der Waals surface area contributed by atoms with Gasteiger partial charge in [-0.05, 0) is 24.5 Å². The van der Waals surface area contributed by atoms with E-state index in [9.17, 15) is 14.4 Å². The van der Waals surface area contributed by atoms with E-state index in [2.05, 4.69) is 10.4 Å². The molecule has 1 fully saturated rings. The lowest BCUT2D eigenvalue weighted by Gasteiger charge is -2.32. The molecular weight excluding hydrogens is 310 g/mol. The molecule has 0 atom stereocenters. The zero-order valence-electron chi connectivity index (χ0n) is 12.9. The van der Waals surface area contributed by atoms with Gasteiger partial charge in [0, 0.05) is 12.1 Å². The molecule has 1 amide bonds. The van der Waals surface area contributed by atoms with E-state index >= 15 is 0 Å². The van der Waals surface area contributed by atoms with Crippen molar-refractivity contribution in [2.24, 2.45) is 5.92 Å². The molecule has 2 aromatic rings. The van der Waals surface area contributed by atoms with Crippen molar-refractivity contribution in [2.45, 2.75) is 25.4 Å². The van der Waals surface area contributed by atoms with Crippen LogP contribution in [0, 0.1) is 5.92 Å². The molecule has 1 saturated carbocycles. The van der Waals surface area contributed by atoms with Gasteiger partial charge in [0.25, 0.3) is 11.5 Å². The lowest BCUT2D eigenvalue weighted by atomic mass is 9.80. The van der Waals surface area contributed by atoms with Gasteiger partial charge in [-0.15, -0.1) is 0 Å². The van der Waals surface area contributed by atoms with Gasteiger partial charge in [-0.3, -0.25) is 14.4 Å². The smallest absolute Gasteiger partial charge is 0.306 e. The van der Waals surface area contributed by atoms with Gasteiger partial charge < -0.3 is 10.4 Å². The van der Waals surface area contributed by atoms with Crippen molar-refractivity contribution < 1.29 is 14.7 Å². The van der Waals surface area contributed by atoms with E-state index in [1.54, 1.807) is 0 Å². The van der Waals surface area contributed by atoms with Crippen LogP contribution in [0.25, 0.3) is 0 Å². The Kier molecular flexibility index (Phi) is 4.41. The molecule has 1 aliphatic rings. The Morgan fingerprint density at radius 1 is 1.17 bits per heavy atom. The van der Waals surface area contributed by atoms with Crippen LogP contribution in [0.5, 0.6) is 0 Å². The number of carboxylic acids is 1. The second-order valence-electron chi connectivity index (χ2n) is 5.88. The number of nitrogens with zero attached hydrogens (tertiary/aromatic N) is 2. The van der Waals surface area contributed by atoms with Crippen LogP contribution in [0.1, 0.15) is 28.9 Å². The first kappa shape index (κ1) is 15.9. The third kappa shape index (κ3) is 3.51. The first-order valence-electron chi connectivity index (χ1n) is 7.68. The van der Waals surface area contributed by atoms with Crippen molar-refractivity contribution in [1.29, 1.82) is 0 Å². The van der Waals surface area contributed by atoms with Crippen LogP contribution in [-0.4, -0.2) is 32.8 Å². The molecule has 24 heavy (non-hydrogen) atoms. The monoisotopic (exact) mass is 327 g/mol. The summed E-state index contributed by atoms with van der Waals surface area (Å²) in [4.78, 5) is 34.9. The summed E-state index contributed by atoms with van der Waals surface area (Å²) in [7, 11) is 0. The third-order valence-electron chi connectivity index (χ3n) is 4.10. The zero-order valence-corrected chi connectivity index (χ0v) is 12.9. The van der Waals surface area contributed by atoms with E-state index in [-0.39, 0.29) is 23.8 Å². The fourth-order valence-corrected chi connectivity index (χ4v) is 2.64. The number of aromatic nitrogens is 2. The minimum absolute atomic E-state index is 0.143. The van der Waals surface area contributed by atoms with Gasteiger partial charge in [-0.1, -0.05) is 30.3 Å². The van der Waals surface area contributed by atoms with Crippen molar-refractivity contribution in [3.8, 4) is 0 Å². The third-order valence-corrected chi connectivity index (χ3v) is 4.10. The van der Waals surface area contributed by atoms with Gasteiger partial charge in [-0.25, -0.2) is 4.68 Å². The molecule has 1 aromatic heterocycles. The van der Waals surface area contributed by atoms with Gasteiger partial charge in [0.15, 0.2) is 0 Å². The molecule has 1 aromatic carbocycles. The molecule has 124 valence electrons. The maximum absolute atomic E-state index is 12.2. The predicted molar refractivity (Wildman–Crippen MR) is 85.7 cm³/mol. The summed E-state index contributed by atoms with van der Waals surface area (Å²) < 4.78 is 1.24. The van der Waals surface area contributed by atoms with E-state index in [0.717, 1.165) is 5.56 Å². The lowest BCUT2D eigenvalue weighted by molar-refractivity contribution is -0.145. The highest BCUT2D eigenvalue weighted by Crippen LogP contribution is 2.27.